The first-order valence-corrected chi connectivity index (χ1v) is 13.2. The van der Waals surface area contributed by atoms with E-state index >= 15 is 0 Å². The summed E-state index contributed by atoms with van der Waals surface area (Å²) in [5.74, 6) is 0.0837. The van der Waals surface area contributed by atoms with E-state index in [9.17, 15) is 19.2 Å². The van der Waals surface area contributed by atoms with Gasteiger partial charge in [0.05, 0.1) is 17.1 Å². The summed E-state index contributed by atoms with van der Waals surface area (Å²) in [5.41, 5.74) is 3.33. The first-order valence-electron chi connectivity index (χ1n) is 13.2. The number of oxazole rings is 1. The van der Waals surface area contributed by atoms with Crippen LogP contribution in [-0.4, -0.2) is 62.8 Å². The van der Waals surface area contributed by atoms with E-state index in [0.29, 0.717) is 41.0 Å². The standard InChI is InChI=1S/C28H25N7O5/c1-34(2)25(38)28-10-14-22(28)21-15(28)9-27(14,21)12-30-24(37)18-8-17(32-20-5-6-31-35(18)20)23(36)29-11-13-3-4-19-16(7-13)33-26(39)40-19/h3-9,14,21-22H,10-12H2,1-2H3,(H,29,36)(H,30,37)(H,33,39). The normalized spacial score (nSPS) is 28.4. The van der Waals surface area contributed by atoms with E-state index in [1.54, 1.807) is 29.2 Å². The van der Waals surface area contributed by atoms with Crippen LogP contribution in [0.15, 0.2) is 57.4 Å². The lowest BCUT2D eigenvalue weighted by Gasteiger charge is -2.89. The third-order valence-electron chi connectivity index (χ3n) is 9.55. The second-order valence-corrected chi connectivity index (χ2v) is 11.5. The minimum absolute atomic E-state index is 0.0686. The van der Waals surface area contributed by atoms with Crippen LogP contribution in [-0.2, 0) is 11.3 Å². The van der Waals surface area contributed by atoms with Crippen molar-refractivity contribution in [1.29, 1.82) is 0 Å². The molecule has 5 unspecified atom stereocenters. The summed E-state index contributed by atoms with van der Waals surface area (Å²) in [5, 5.41) is 10.1. The van der Waals surface area contributed by atoms with Gasteiger partial charge < -0.3 is 20.0 Å². The number of carbonyl (C=O) groups is 3. The van der Waals surface area contributed by atoms with Crippen LogP contribution < -0.4 is 16.4 Å². The molecule has 3 aromatic heterocycles. The topological polar surface area (TPSA) is 155 Å². The number of aromatic amines is 1. The molecule has 0 radical (unpaired) electrons. The van der Waals surface area contributed by atoms with Crippen molar-refractivity contribution in [1.82, 2.24) is 35.1 Å². The summed E-state index contributed by atoms with van der Waals surface area (Å²) in [6.45, 7) is 0.674. The molecule has 202 valence electrons. The van der Waals surface area contributed by atoms with E-state index in [-0.39, 0.29) is 40.6 Å². The molecule has 3 heterocycles. The third kappa shape index (κ3) is 2.70. The molecule has 0 aliphatic heterocycles. The summed E-state index contributed by atoms with van der Waals surface area (Å²) >= 11 is 0. The van der Waals surface area contributed by atoms with Crippen molar-refractivity contribution >= 4 is 34.5 Å². The Hall–Kier alpha value is -4.74. The van der Waals surface area contributed by atoms with Crippen LogP contribution in [0.5, 0.6) is 0 Å². The third-order valence-corrected chi connectivity index (χ3v) is 9.55. The fourth-order valence-electron chi connectivity index (χ4n) is 7.81. The summed E-state index contributed by atoms with van der Waals surface area (Å²) in [7, 11) is 3.62. The number of nitrogens with zero attached hydrogens (tertiary/aromatic N) is 4. The minimum atomic E-state index is -0.543. The highest BCUT2D eigenvalue weighted by Crippen LogP contribution is 2.92. The Morgan fingerprint density at radius 3 is 2.75 bits per heavy atom. The van der Waals surface area contributed by atoms with E-state index in [1.165, 1.54) is 22.4 Å². The fourth-order valence-corrected chi connectivity index (χ4v) is 7.81. The Bertz CT molecular complexity index is 1900. The number of benzene rings is 1. The molecule has 4 aliphatic carbocycles. The van der Waals surface area contributed by atoms with Crippen molar-refractivity contribution in [2.45, 2.75) is 13.0 Å². The Labute approximate surface area is 226 Å². The highest BCUT2D eigenvalue weighted by atomic mass is 16.4. The summed E-state index contributed by atoms with van der Waals surface area (Å²) in [6.07, 6.45) is 4.61. The SMILES string of the molecule is CN(C)C(=O)C12CC3C1C1C2=CC31CNC(=O)c1cc(C(=O)NCc2ccc3oc(=O)[nH]c3c2)nc2ccnn12. The van der Waals surface area contributed by atoms with Gasteiger partial charge in [-0.15, -0.1) is 0 Å². The molecule has 4 aromatic rings. The summed E-state index contributed by atoms with van der Waals surface area (Å²) in [4.78, 5) is 59.2. The molecule has 12 heteroatoms. The summed E-state index contributed by atoms with van der Waals surface area (Å²) in [6, 6.07) is 8.21. The van der Waals surface area contributed by atoms with E-state index in [2.05, 4.69) is 31.8 Å². The van der Waals surface area contributed by atoms with Crippen molar-refractivity contribution < 1.29 is 18.8 Å². The van der Waals surface area contributed by atoms with Crippen molar-refractivity contribution in [2.24, 2.45) is 28.6 Å². The largest absolute Gasteiger partial charge is 0.417 e. The molecular formula is C28H25N7O5. The number of carbonyl (C=O) groups excluding carboxylic acids is 3. The molecule has 3 saturated carbocycles. The maximum absolute atomic E-state index is 13.4. The number of rotatable bonds is 7. The van der Waals surface area contributed by atoms with Crippen molar-refractivity contribution in [2.75, 3.05) is 20.6 Å². The smallest absolute Gasteiger partial charge is 0.408 e. The van der Waals surface area contributed by atoms with Crippen LogP contribution in [0.25, 0.3) is 16.7 Å². The molecule has 1 aromatic carbocycles. The van der Waals surface area contributed by atoms with Crippen LogP contribution >= 0.6 is 0 Å². The highest BCUT2D eigenvalue weighted by Gasteiger charge is 2.90. The number of hydrogen-bond acceptors (Lipinski definition) is 7. The van der Waals surface area contributed by atoms with Crippen molar-refractivity contribution in [3.63, 3.8) is 0 Å². The van der Waals surface area contributed by atoms with E-state index in [0.717, 1.165) is 12.0 Å². The molecule has 0 bridgehead atoms. The number of hydrogen-bond donors (Lipinski definition) is 3. The van der Waals surface area contributed by atoms with E-state index in [4.69, 9.17) is 4.42 Å². The van der Waals surface area contributed by atoms with Gasteiger partial charge >= 0.3 is 5.76 Å². The molecule has 3 N–H and O–H groups in total. The quantitative estimate of drug-likeness (QED) is 0.297. The number of nitrogens with one attached hydrogen (secondary N) is 3. The summed E-state index contributed by atoms with van der Waals surface area (Å²) < 4.78 is 6.44. The van der Waals surface area contributed by atoms with Gasteiger partial charge in [-0.1, -0.05) is 17.7 Å². The van der Waals surface area contributed by atoms with Gasteiger partial charge in [0.1, 0.15) is 11.4 Å². The molecule has 0 spiro atoms. The molecule has 40 heavy (non-hydrogen) atoms. The Kier molecular flexibility index (Phi) is 4.32. The van der Waals surface area contributed by atoms with Crippen LogP contribution in [0, 0.1) is 28.6 Å². The van der Waals surface area contributed by atoms with Gasteiger partial charge in [-0.05, 0) is 41.9 Å². The minimum Gasteiger partial charge on any atom is -0.408 e. The zero-order chi connectivity index (χ0) is 27.6. The van der Waals surface area contributed by atoms with Crippen LogP contribution in [0.1, 0.15) is 33.0 Å². The number of H-pyrrole nitrogens is 1. The average Bonchev–Trinajstić information content (AvgIpc) is 3.57. The molecule has 0 saturated heterocycles. The molecular weight excluding hydrogens is 514 g/mol. The maximum Gasteiger partial charge on any atom is 0.417 e. The lowest BCUT2D eigenvalue weighted by atomic mass is 9.14. The molecule has 3 amide bonds. The first kappa shape index (κ1) is 23.2. The second-order valence-electron chi connectivity index (χ2n) is 11.5. The molecule has 12 nitrogen and oxygen atoms in total. The second kappa shape index (κ2) is 7.46. The number of aromatic nitrogens is 4. The first-order chi connectivity index (χ1) is 19.2. The van der Waals surface area contributed by atoms with Gasteiger partial charge in [0, 0.05) is 44.7 Å². The van der Waals surface area contributed by atoms with Gasteiger partial charge in [-0.2, -0.15) is 5.10 Å². The van der Waals surface area contributed by atoms with E-state index < -0.39 is 11.7 Å². The lowest BCUT2D eigenvalue weighted by molar-refractivity contribution is -0.308. The van der Waals surface area contributed by atoms with Crippen LogP contribution in [0.3, 0.4) is 0 Å². The van der Waals surface area contributed by atoms with Gasteiger partial charge in [0.15, 0.2) is 11.2 Å². The van der Waals surface area contributed by atoms with Crippen LogP contribution in [0.2, 0.25) is 0 Å². The van der Waals surface area contributed by atoms with Crippen LogP contribution in [0.4, 0.5) is 0 Å². The average molecular weight is 540 g/mol. The monoisotopic (exact) mass is 539 g/mol. The predicted molar refractivity (Wildman–Crippen MR) is 140 cm³/mol. The highest BCUT2D eigenvalue weighted by molar-refractivity contribution is 5.98. The molecule has 4 aliphatic rings. The van der Waals surface area contributed by atoms with Gasteiger partial charge in [0.25, 0.3) is 11.8 Å². The van der Waals surface area contributed by atoms with Gasteiger partial charge in [0.2, 0.25) is 5.91 Å². The molecule has 3 fully saturated rings. The Morgan fingerprint density at radius 2 is 2.02 bits per heavy atom. The molecule has 5 atom stereocenters. The molecule has 8 rings (SSSR count). The van der Waals surface area contributed by atoms with E-state index in [1.807, 2.05) is 14.1 Å². The number of amides is 3. The predicted octanol–water partition coefficient (Wildman–Crippen LogP) is 1.10. The number of fused-ring (bicyclic) bond motifs is 4. The van der Waals surface area contributed by atoms with Gasteiger partial charge in [-0.25, -0.2) is 14.3 Å². The Balaban J connectivity index is 0.984. The Morgan fingerprint density at radius 1 is 1.18 bits per heavy atom. The van der Waals surface area contributed by atoms with Crippen molar-refractivity contribution in [3.05, 3.63) is 75.7 Å². The van der Waals surface area contributed by atoms with Gasteiger partial charge in [-0.3, -0.25) is 19.4 Å². The maximum atomic E-state index is 13.4. The zero-order valence-corrected chi connectivity index (χ0v) is 21.7. The lowest BCUT2D eigenvalue weighted by Crippen LogP contribution is -2.88. The fraction of sp³-hybridized carbons (Fsp3) is 0.357. The van der Waals surface area contributed by atoms with Crippen molar-refractivity contribution in [3.8, 4) is 0 Å². The zero-order valence-electron chi connectivity index (χ0n) is 21.7.